The van der Waals surface area contributed by atoms with Crippen LogP contribution < -0.4 is 0 Å². The molecule has 2 heterocycles. The summed E-state index contributed by atoms with van der Waals surface area (Å²) in [5, 5.41) is 11.3. The summed E-state index contributed by atoms with van der Waals surface area (Å²) in [4.78, 5) is 13.4. The average Bonchev–Trinajstić information content (AvgIpc) is 2.71. The molecule has 3 rings (SSSR count). The Kier molecular flexibility index (Phi) is 4.62. The van der Waals surface area contributed by atoms with Gasteiger partial charge in [0.2, 0.25) is 0 Å². The van der Waals surface area contributed by atoms with E-state index in [0.717, 1.165) is 69.7 Å². The molecule has 0 atom stereocenters. The van der Waals surface area contributed by atoms with Gasteiger partial charge in [0.1, 0.15) is 0 Å². The molecule has 0 aromatic heterocycles. The van der Waals surface area contributed by atoms with Gasteiger partial charge in [-0.05, 0) is 49.7 Å². The van der Waals surface area contributed by atoms with Crippen molar-refractivity contribution in [3.8, 4) is 0 Å². The van der Waals surface area contributed by atoms with Crippen LogP contribution in [-0.4, -0.2) is 36.1 Å². The van der Waals surface area contributed by atoms with Crippen molar-refractivity contribution in [2.45, 2.75) is 38.5 Å². The summed E-state index contributed by atoms with van der Waals surface area (Å²) < 4.78 is 5.43. The second-order valence-electron chi connectivity index (χ2n) is 6.50. The zero-order valence-electron chi connectivity index (χ0n) is 13.1. The lowest BCUT2D eigenvalue weighted by molar-refractivity contribution is -0.421. The number of ether oxygens (including phenoxy) is 1. The molecule has 0 radical (unpaired) electrons. The highest BCUT2D eigenvalue weighted by atomic mass is 16.6. The Morgan fingerprint density at radius 3 is 2.91 bits per heavy atom. The van der Waals surface area contributed by atoms with E-state index < -0.39 is 0 Å². The third-order valence-corrected chi connectivity index (χ3v) is 4.98. The molecule has 120 valence electrons. The van der Waals surface area contributed by atoms with Crippen LogP contribution in [0.2, 0.25) is 0 Å². The van der Waals surface area contributed by atoms with Crippen LogP contribution in [0.25, 0.3) is 0 Å². The molecule has 0 amide bonds. The Balaban J connectivity index is 1.75. The Bertz CT molecular complexity index is 530. The van der Waals surface area contributed by atoms with Crippen LogP contribution in [0.4, 0.5) is 0 Å². The molecule has 0 saturated carbocycles. The van der Waals surface area contributed by atoms with Gasteiger partial charge >= 0.3 is 0 Å². The van der Waals surface area contributed by atoms with E-state index in [1.54, 1.807) is 6.08 Å². The van der Waals surface area contributed by atoms with Crippen LogP contribution in [0.5, 0.6) is 0 Å². The molecule has 0 N–H and O–H groups in total. The maximum Gasteiger partial charge on any atom is 0.269 e. The molecular weight excluding hydrogens is 280 g/mol. The highest BCUT2D eigenvalue weighted by Crippen LogP contribution is 2.35. The Morgan fingerprint density at radius 2 is 2.18 bits per heavy atom. The van der Waals surface area contributed by atoms with Gasteiger partial charge in [-0.25, -0.2) is 0 Å². The number of nitro groups is 1. The summed E-state index contributed by atoms with van der Waals surface area (Å²) in [5.41, 5.74) is 3.52. The van der Waals surface area contributed by atoms with Gasteiger partial charge in [0.15, 0.2) is 0 Å². The molecule has 0 aromatic carbocycles. The maximum absolute atomic E-state index is 11.3. The third kappa shape index (κ3) is 3.24. The smallest absolute Gasteiger partial charge is 0.269 e. The van der Waals surface area contributed by atoms with Crippen molar-refractivity contribution in [2.75, 3.05) is 26.3 Å². The minimum Gasteiger partial charge on any atom is -0.381 e. The molecule has 0 aromatic rings. The van der Waals surface area contributed by atoms with Crippen LogP contribution >= 0.6 is 0 Å². The second-order valence-corrected chi connectivity index (χ2v) is 6.50. The van der Waals surface area contributed by atoms with Crippen molar-refractivity contribution in [1.29, 1.82) is 0 Å². The first-order valence-corrected chi connectivity index (χ1v) is 8.21. The zero-order valence-corrected chi connectivity index (χ0v) is 13.1. The van der Waals surface area contributed by atoms with E-state index in [-0.39, 0.29) is 4.92 Å². The largest absolute Gasteiger partial charge is 0.381 e. The number of rotatable bonds is 3. The van der Waals surface area contributed by atoms with Crippen LogP contribution in [0.1, 0.15) is 38.5 Å². The Labute approximate surface area is 131 Å². The quantitative estimate of drug-likeness (QED) is 0.593. The molecule has 1 fully saturated rings. The fraction of sp³-hybridized carbons (Fsp3) is 0.647. The summed E-state index contributed by atoms with van der Waals surface area (Å²) in [6.45, 7) is 7.72. The molecule has 2 aliphatic heterocycles. The number of allylic oxidation sites excluding steroid dienone is 3. The SMILES string of the molecule is C=C1CC2=C(CCCC=C2[N+](=O)[O-])CN1CC1CCOCC1. The monoisotopic (exact) mass is 304 g/mol. The fourth-order valence-corrected chi connectivity index (χ4v) is 3.68. The first kappa shape index (κ1) is 15.3. The van der Waals surface area contributed by atoms with Gasteiger partial charge in [-0.15, -0.1) is 0 Å². The van der Waals surface area contributed by atoms with E-state index in [1.165, 1.54) is 5.57 Å². The van der Waals surface area contributed by atoms with Crippen molar-refractivity contribution < 1.29 is 9.66 Å². The standard InChI is InChI=1S/C17H24N2O3/c1-13-10-16-15(4-2-3-5-17(16)19(20)21)12-18(13)11-14-6-8-22-9-7-14/h5,14H,1-4,6-12H2. The van der Waals surface area contributed by atoms with E-state index >= 15 is 0 Å². The highest BCUT2D eigenvalue weighted by Gasteiger charge is 2.31. The molecule has 0 bridgehead atoms. The molecule has 1 aliphatic carbocycles. The summed E-state index contributed by atoms with van der Waals surface area (Å²) in [6.07, 6.45) is 7.42. The molecular formula is C17H24N2O3. The zero-order chi connectivity index (χ0) is 15.5. The predicted molar refractivity (Wildman–Crippen MR) is 84.8 cm³/mol. The molecule has 5 nitrogen and oxygen atoms in total. The summed E-state index contributed by atoms with van der Waals surface area (Å²) in [7, 11) is 0. The van der Waals surface area contributed by atoms with Gasteiger partial charge in [-0.2, -0.15) is 0 Å². The van der Waals surface area contributed by atoms with E-state index in [0.29, 0.717) is 18.0 Å². The Hall–Kier alpha value is -1.62. The molecule has 1 saturated heterocycles. The lowest BCUT2D eigenvalue weighted by Crippen LogP contribution is -2.36. The van der Waals surface area contributed by atoms with Crippen molar-refractivity contribution >= 4 is 0 Å². The molecule has 3 aliphatic rings. The topological polar surface area (TPSA) is 55.6 Å². The molecule has 0 spiro atoms. The van der Waals surface area contributed by atoms with Crippen LogP contribution in [0.3, 0.4) is 0 Å². The van der Waals surface area contributed by atoms with Gasteiger partial charge in [0, 0.05) is 44.0 Å². The van der Waals surface area contributed by atoms with Crippen molar-refractivity contribution in [1.82, 2.24) is 4.90 Å². The van der Waals surface area contributed by atoms with Crippen LogP contribution in [-0.2, 0) is 4.74 Å². The minimum absolute atomic E-state index is 0.220. The number of hydrogen-bond acceptors (Lipinski definition) is 4. The second kappa shape index (κ2) is 6.65. The van der Waals surface area contributed by atoms with E-state index in [2.05, 4.69) is 11.5 Å². The van der Waals surface area contributed by atoms with Gasteiger partial charge in [0.25, 0.3) is 5.70 Å². The normalized spacial score (nSPS) is 23.9. The van der Waals surface area contributed by atoms with E-state index in [9.17, 15) is 10.1 Å². The summed E-state index contributed by atoms with van der Waals surface area (Å²) >= 11 is 0. The van der Waals surface area contributed by atoms with Crippen LogP contribution in [0.15, 0.2) is 35.2 Å². The summed E-state index contributed by atoms with van der Waals surface area (Å²) in [5.74, 6) is 0.656. The van der Waals surface area contributed by atoms with Gasteiger partial charge in [-0.3, -0.25) is 10.1 Å². The first-order valence-electron chi connectivity index (χ1n) is 8.21. The molecule has 0 unspecified atom stereocenters. The average molecular weight is 304 g/mol. The Morgan fingerprint density at radius 1 is 1.41 bits per heavy atom. The maximum atomic E-state index is 11.3. The van der Waals surface area contributed by atoms with E-state index in [1.807, 2.05) is 0 Å². The lowest BCUT2D eigenvalue weighted by atomic mass is 9.92. The first-order chi connectivity index (χ1) is 10.6. The van der Waals surface area contributed by atoms with Crippen molar-refractivity contribution in [3.63, 3.8) is 0 Å². The number of nitrogens with zero attached hydrogens (tertiary/aromatic N) is 2. The summed E-state index contributed by atoms with van der Waals surface area (Å²) in [6, 6.07) is 0. The highest BCUT2D eigenvalue weighted by molar-refractivity contribution is 5.39. The van der Waals surface area contributed by atoms with Crippen molar-refractivity contribution in [2.24, 2.45) is 5.92 Å². The van der Waals surface area contributed by atoms with Crippen molar-refractivity contribution in [3.05, 3.63) is 45.3 Å². The minimum atomic E-state index is -0.220. The number of hydrogen-bond donors (Lipinski definition) is 0. The fourth-order valence-electron chi connectivity index (χ4n) is 3.68. The lowest BCUT2D eigenvalue weighted by Gasteiger charge is -2.37. The molecule has 5 heteroatoms. The predicted octanol–water partition coefficient (Wildman–Crippen LogP) is 3.27. The third-order valence-electron chi connectivity index (χ3n) is 4.98. The van der Waals surface area contributed by atoms with Gasteiger partial charge in [-0.1, -0.05) is 6.58 Å². The van der Waals surface area contributed by atoms with Gasteiger partial charge in [0.05, 0.1) is 4.92 Å². The van der Waals surface area contributed by atoms with E-state index in [4.69, 9.17) is 4.74 Å². The van der Waals surface area contributed by atoms with Crippen LogP contribution in [0, 0.1) is 16.0 Å². The van der Waals surface area contributed by atoms with Gasteiger partial charge < -0.3 is 9.64 Å². The molecule has 22 heavy (non-hydrogen) atoms.